The smallest absolute Gasteiger partial charge is 0.339 e. The topological polar surface area (TPSA) is 92.7 Å². The van der Waals surface area contributed by atoms with Gasteiger partial charge in [-0.1, -0.05) is 48.0 Å². The minimum Gasteiger partial charge on any atom is -0.508 e. The zero-order valence-corrected chi connectivity index (χ0v) is 15.7. The van der Waals surface area contributed by atoms with Crippen LogP contribution >= 0.6 is 0 Å². The first-order valence-corrected chi connectivity index (χ1v) is 8.90. The molecule has 0 radical (unpaired) electrons. The summed E-state index contributed by atoms with van der Waals surface area (Å²) >= 11 is 0. The minimum atomic E-state index is -0.762. The molecular formula is C23H19NO5. The highest BCUT2D eigenvalue weighted by Crippen LogP contribution is 2.17. The number of phenolic OH excluding ortho intramolecular Hbond substituents is 1. The number of amides is 1. The lowest BCUT2D eigenvalue weighted by Gasteiger charge is -2.10. The van der Waals surface area contributed by atoms with Crippen LogP contribution in [0.15, 0.2) is 72.8 Å². The van der Waals surface area contributed by atoms with Crippen molar-refractivity contribution in [3.8, 4) is 5.75 Å². The molecule has 3 rings (SSSR count). The normalized spacial score (nSPS) is 10.2. The molecule has 3 aromatic rings. The second-order valence-electron chi connectivity index (χ2n) is 6.41. The van der Waals surface area contributed by atoms with Crippen LogP contribution in [0.5, 0.6) is 5.75 Å². The molecule has 0 bridgehead atoms. The van der Waals surface area contributed by atoms with E-state index in [0.717, 1.165) is 5.56 Å². The van der Waals surface area contributed by atoms with Crippen LogP contribution in [0.25, 0.3) is 0 Å². The average molecular weight is 389 g/mol. The van der Waals surface area contributed by atoms with Crippen LogP contribution in [0.1, 0.15) is 31.8 Å². The third-order valence-corrected chi connectivity index (χ3v) is 4.19. The Morgan fingerprint density at radius 3 is 2.14 bits per heavy atom. The van der Waals surface area contributed by atoms with Gasteiger partial charge in [-0.2, -0.15) is 0 Å². The molecule has 0 aromatic heterocycles. The van der Waals surface area contributed by atoms with Crippen LogP contribution in [-0.4, -0.2) is 29.4 Å². The lowest BCUT2D eigenvalue weighted by Crippen LogP contribution is -2.22. The van der Waals surface area contributed by atoms with Crippen molar-refractivity contribution in [2.45, 2.75) is 6.92 Å². The van der Waals surface area contributed by atoms with Gasteiger partial charge < -0.3 is 15.2 Å². The van der Waals surface area contributed by atoms with Crippen molar-refractivity contribution in [3.63, 3.8) is 0 Å². The lowest BCUT2D eigenvalue weighted by molar-refractivity contribution is -0.119. The van der Waals surface area contributed by atoms with E-state index < -0.39 is 18.5 Å². The highest BCUT2D eigenvalue weighted by Gasteiger charge is 2.19. The Bertz CT molecular complexity index is 1040. The number of nitrogens with one attached hydrogen (secondary N) is 1. The van der Waals surface area contributed by atoms with Crippen molar-refractivity contribution in [1.29, 1.82) is 0 Å². The number of hydrogen-bond acceptors (Lipinski definition) is 5. The van der Waals surface area contributed by atoms with E-state index in [1.807, 2.05) is 19.1 Å². The van der Waals surface area contributed by atoms with Crippen LogP contribution in [0.2, 0.25) is 0 Å². The van der Waals surface area contributed by atoms with E-state index in [9.17, 15) is 19.5 Å². The summed E-state index contributed by atoms with van der Waals surface area (Å²) in [6.07, 6.45) is 0. The molecule has 0 heterocycles. The predicted octanol–water partition coefficient (Wildman–Crippen LogP) is 3.73. The van der Waals surface area contributed by atoms with Crippen molar-refractivity contribution in [3.05, 3.63) is 95.1 Å². The summed E-state index contributed by atoms with van der Waals surface area (Å²) in [7, 11) is 0. The number of anilines is 1. The van der Waals surface area contributed by atoms with Gasteiger partial charge in [0.05, 0.1) is 5.56 Å². The fourth-order valence-corrected chi connectivity index (χ4v) is 2.67. The summed E-state index contributed by atoms with van der Waals surface area (Å²) in [5, 5.41) is 11.8. The lowest BCUT2D eigenvalue weighted by atomic mass is 9.98. The van der Waals surface area contributed by atoms with Crippen LogP contribution < -0.4 is 5.32 Å². The number of benzene rings is 3. The zero-order chi connectivity index (χ0) is 20.8. The molecule has 0 spiro atoms. The maximum Gasteiger partial charge on any atom is 0.339 e. The van der Waals surface area contributed by atoms with E-state index in [2.05, 4.69) is 5.32 Å². The first kappa shape index (κ1) is 19.8. The van der Waals surface area contributed by atoms with Crippen molar-refractivity contribution in [1.82, 2.24) is 0 Å². The molecule has 146 valence electrons. The third kappa shape index (κ3) is 5.07. The maximum absolute atomic E-state index is 12.8. The number of carbonyl (C=O) groups excluding carboxylic acids is 3. The molecule has 2 N–H and O–H groups in total. The van der Waals surface area contributed by atoms with E-state index >= 15 is 0 Å². The molecule has 29 heavy (non-hydrogen) atoms. The van der Waals surface area contributed by atoms with Gasteiger partial charge in [-0.15, -0.1) is 0 Å². The van der Waals surface area contributed by atoms with E-state index in [1.165, 1.54) is 30.3 Å². The van der Waals surface area contributed by atoms with E-state index in [1.54, 1.807) is 30.3 Å². The molecule has 3 aromatic carbocycles. The van der Waals surface area contributed by atoms with Crippen LogP contribution in [0.4, 0.5) is 5.69 Å². The predicted molar refractivity (Wildman–Crippen MR) is 108 cm³/mol. The minimum absolute atomic E-state index is 0.0734. The number of phenols is 1. The summed E-state index contributed by atoms with van der Waals surface area (Å²) in [6, 6.07) is 19.3. The SMILES string of the molecule is Cc1ccc(C(=O)c2ccccc2C(=O)OCC(=O)Nc2ccc(O)cc2)cc1. The van der Waals surface area contributed by atoms with Crippen molar-refractivity contribution in [2.75, 3.05) is 11.9 Å². The van der Waals surface area contributed by atoms with Gasteiger partial charge >= 0.3 is 5.97 Å². The maximum atomic E-state index is 12.8. The Morgan fingerprint density at radius 2 is 1.48 bits per heavy atom. The van der Waals surface area contributed by atoms with Crippen LogP contribution in [0, 0.1) is 6.92 Å². The molecule has 0 aliphatic heterocycles. The Morgan fingerprint density at radius 1 is 0.862 bits per heavy atom. The van der Waals surface area contributed by atoms with Crippen molar-refractivity contribution in [2.24, 2.45) is 0 Å². The first-order valence-electron chi connectivity index (χ1n) is 8.90. The summed E-state index contributed by atoms with van der Waals surface area (Å²) in [5.74, 6) is -1.52. The largest absolute Gasteiger partial charge is 0.508 e. The molecule has 0 atom stereocenters. The molecule has 6 heteroatoms. The molecule has 0 aliphatic rings. The van der Waals surface area contributed by atoms with Gasteiger partial charge in [0.2, 0.25) is 0 Å². The van der Waals surface area contributed by atoms with Gasteiger partial charge in [0.1, 0.15) is 5.75 Å². The number of aromatic hydroxyl groups is 1. The number of ether oxygens (including phenoxy) is 1. The fraction of sp³-hybridized carbons (Fsp3) is 0.0870. The highest BCUT2D eigenvalue weighted by molar-refractivity contribution is 6.14. The first-order chi connectivity index (χ1) is 13.9. The molecule has 0 fully saturated rings. The van der Waals surface area contributed by atoms with Gasteiger partial charge in [0, 0.05) is 16.8 Å². The molecule has 0 saturated heterocycles. The molecular weight excluding hydrogens is 370 g/mol. The fourth-order valence-electron chi connectivity index (χ4n) is 2.67. The monoisotopic (exact) mass is 389 g/mol. The number of carbonyl (C=O) groups is 3. The Labute approximate surface area is 167 Å². The molecule has 0 saturated carbocycles. The van der Waals surface area contributed by atoms with Crippen LogP contribution in [-0.2, 0) is 9.53 Å². The molecule has 6 nitrogen and oxygen atoms in total. The summed E-state index contributed by atoms with van der Waals surface area (Å²) < 4.78 is 5.08. The highest BCUT2D eigenvalue weighted by atomic mass is 16.5. The number of hydrogen-bond donors (Lipinski definition) is 2. The average Bonchev–Trinajstić information content (AvgIpc) is 2.74. The van der Waals surface area contributed by atoms with Gasteiger partial charge in [-0.3, -0.25) is 9.59 Å². The van der Waals surface area contributed by atoms with Crippen LogP contribution in [0.3, 0.4) is 0 Å². The second kappa shape index (κ2) is 8.84. The standard InChI is InChI=1S/C23H19NO5/c1-15-6-8-16(9-7-15)22(27)19-4-2-3-5-20(19)23(28)29-14-21(26)24-17-10-12-18(25)13-11-17/h2-13,25H,14H2,1H3,(H,24,26). The van der Waals surface area contributed by atoms with E-state index in [4.69, 9.17) is 4.74 Å². The quantitative estimate of drug-likeness (QED) is 0.381. The Hall–Kier alpha value is -3.93. The summed E-state index contributed by atoms with van der Waals surface area (Å²) in [5.41, 5.74) is 2.24. The van der Waals surface area contributed by atoms with Crippen molar-refractivity contribution >= 4 is 23.3 Å². The molecule has 0 aliphatic carbocycles. The number of rotatable bonds is 6. The Kier molecular flexibility index (Phi) is 6.04. The zero-order valence-electron chi connectivity index (χ0n) is 15.7. The van der Waals surface area contributed by atoms with E-state index in [0.29, 0.717) is 11.3 Å². The molecule has 1 amide bonds. The van der Waals surface area contributed by atoms with Gasteiger partial charge in [0.25, 0.3) is 5.91 Å². The van der Waals surface area contributed by atoms with E-state index in [-0.39, 0.29) is 22.7 Å². The summed E-state index contributed by atoms with van der Waals surface area (Å²) in [4.78, 5) is 37.2. The van der Waals surface area contributed by atoms with Crippen molar-refractivity contribution < 1.29 is 24.2 Å². The van der Waals surface area contributed by atoms with Gasteiger partial charge in [-0.05, 0) is 37.3 Å². The van der Waals surface area contributed by atoms with Gasteiger partial charge in [-0.25, -0.2) is 4.79 Å². The third-order valence-electron chi connectivity index (χ3n) is 4.19. The number of esters is 1. The second-order valence-corrected chi connectivity index (χ2v) is 6.41. The Balaban J connectivity index is 1.68. The molecule has 0 unspecified atom stereocenters. The number of ketones is 1. The summed E-state index contributed by atoms with van der Waals surface area (Å²) in [6.45, 7) is 1.41. The van der Waals surface area contributed by atoms with Gasteiger partial charge in [0.15, 0.2) is 12.4 Å². The number of aryl methyl sites for hydroxylation is 1.